The molecule has 0 atom stereocenters. The number of carbonyl (C=O) groups is 3. The van der Waals surface area contributed by atoms with Crippen molar-refractivity contribution >= 4 is 17.8 Å². The third-order valence-electron chi connectivity index (χ3n) is 5.39. The predicted molar refractivity (Wildman–Crippen MR) is 98.7 cm³/mol. The first kappa shape index (κ1) is 20.7. The van der Waals surface area contributed by atoms with Gasteiger partial charge < -0.3 is 15.3 Å². The van der Waals surface area contributed by atoms with Gasteiger partial charge in [0.25, 0.3) is 0 Å². The fraction of sp³-hybridized carbons (Fsp3) is 0.842. The van der Waals surface area contributed by atoms with E-state index in [-0.39, 0.29) is 31.0 Å². The highest BCUT2D eigenvalue weighted by Crippen LogP contribution is 2.26. The molecule has 2 aliphatic rings. The molecule has 0 aromatic heterocycles. The van der Waals surface area contributed by atoms with Crippen molar-refractivity contribution in [2.75, 3.05) is 32.7 Å². The van der Waals surface area contributed by atoms with Crippen molar-refractivity contribution in [3.63, 3.8) is 0 Å². The van der Waals surface area contributed by atoms with E-state index >= 15 is 0 Å². The number of likely N-dealkylation sites (tertiary alicyclic amines) is 1. The Kier molecular flexibility index (Phi) is 8.35. The number of piperidine rings is 1. The molecule has 0 aromatic rings. The number of aliphatic carboxylic acids is 1. The summed E-state index contributed by atoms with van der Waals surface area (Å²) in [5.41, 5.74) is 0. The second-order valence-corrected chi connectivity index (χ2v) is 7.61. The van der Waals surface area contributed by atoms with Gasteiger partial charge in [0.05, 0.1) is 13.1 Å². The highest BCUT2D eigenvalue weighted by Gasteiger charge is 2.29. The molecule has 2 rings (SSSR count). The monoisotopic (exact) mass is 367 g/mol. The summed E-state index contributed by atoms with van der Waals surface area (Å²) < 4.78 is 0. The molecule has 2 N–H and O–H groups in total. The Morgan fingerprint density at radius 2 is 1.69 bits per heavy atom. The average Bonchev–Trinajstić information content (AvgIpc) is 2.62. The van der Waals surface area contributed by atoms with E-state index in [1.54, 1.807) is 4.90 Å². The van der Waals surface area contributed by atoms with Crippen LogP contribution in [0.3, 0.4) is 0 Å². The van der Waals surface area contributed by atoms with Crippen LogP contribution in [0.5, 0.6) is 0 Å². The fourth-order valence-corrected chi connectivity index (χ4v) is 4.05. The first-order chi connectivity index (χ1) is 12.5. The van der Waals surface area contributed by atoms with Crippen molar-refractivity contribution in [3.8, 4) is 0 Å². The van der Waals surface area contributed by atoms with E-state index in [1.807, 2.05) is 11.8 Å². The van der Waals surface area contributed by atoms with Crippen LogP contribution in [-0.2, 0) is 14.4 Å². The zero-order valence-electron chi connectivity index (χ0n) is 15.9. The summed E-state index contributed by atoms with van der Waals surface area (Å²) in [5.74, 6) is -0.545. The van der Waals surface area contributed by atoms with Gasteiger partial charge in [0.2, 0.25) is 11.8 Å². The number of carboxylic acids is 1. The standard InChI is InChI=1S/C19H33N3O4/c1-2-10-21(14-18(24)25)13-17(23)20-16-8-11-22(12-9-16)19(26)15-6-4-3-5-7-15/h15-16H,2-14H2,1H3,(H,20,23)(H,24,25). The maximum atomic E-state index is 12.6. The maximum absolute atomic E-state index is 12.6. The first-order valence-corrected chi connectivity index (χ1v) is 10.0. The smallest absolute Gasteiger partial charge is 0.317 e. The minimum Gasteiger partial charge on any atom is -0.480 e. The molecule has 0 spiro atoms. The minimum absolute atomic E-state index is 0.0752. The molecular formula is C19H33N3O4. The van der Waals surface area contributed by atoms with Gasteiger partial charge >= 0.3 is 5.97 Å². The van der Waals surface area contributed by atoms with Gasteiger partial charge in [-0.15, -0.1) is 0 Å². The van der Waals surface area contributed by atoms with Gasteiger partial charge in [-0.2, -0.15) is 0 Å². The van der Waals surface area contributed by atoms with Gasteiger partial charge in [0.1, 0.15) is 0 Å². The van der Waals surface area contributed by atoms with Crippen LogP contribution in [0.4, 0.5) is 0 Å². The van der Waals surface area contributed by atoms with E-state index in [4.69, 9.17) is 5.11 Å². The van der Waals surface area contributed by atoms with Crippen molar-refractivity contribution in [2.45, 2.75) is 64.3 Å². The molecule has 7 heteroatoms. The van der Waals surface area contributed by atoms with E-state index in [0.717, 1.165) is 44.9 Å². The summed E-state index contributed by atoms with van der Waals surface area (Å²) in [7, 11) is 0. The van der Waals surface area contributed by atoms with Gasteiger partial charge in [0.15, 0.2) is 0 Å². The number of nitrogens with zero attached hydrogens (tertiary/aromatic N) is 2. The van der Waals surface area contributed by atoms with Crippen LogP contribution in [0.1, 0.15) is 58.3 Å². The molecule has 0 aromatic carbocycles. The molecule has 1 saturated heterocycles. The Balaban J connectivity index is 1.72. The van der Waals surface area contributed by atoms with E-state index < -0.39 is 5.97 Å². The number of nitrogens with one attached hydrogen (secondary N) is 1. The normalized spacial score (nSPS) is 19.5. The van der Waals surface area contributed by atoms with Crippen LogP contribution in [0.25, 0.3) is 0 Å². The van der Waals surface area contributed by atoms with Gasteiger partial charge in [-0.3, -0.25) is 19.3 Å². The van der Waals surface area contributed by atoms with E-state index in [1.165, 1.54) is 6.42 Å². The third-order valence-corrected chi connectivity index (χ3v) is 5.39. The molecule has 148 valence electrons. The summed E-state index contributed by atoms with van der Waals surface area (Å²) in [6.07, 6.45) is 7.96. The van der Waals surface area contributed by atoms with Crippen molar-refractivity contribution in [3.05, 3.63) is 0 Å². The molecule has 1 aliphatic heterocycles. The lowest BCUT2D eigenvalue weighted by Gasteiger charge is -2.35. The minimum atomic E-state index is -0.916. The summed E-state index contributed by atoms with van der Waals surface area (Å²) in [4.78, 5) is 39.3. The second kappa shape index (κ2) is 10.5. The quantitative estimate of drug-likeness (QED) is 0.678. The lowest BCUT2D eigenvalue weighted by Crippen LogP contribution is -2.50. The van der Waals surface area contributed by atoms with Crippen LogP contribution in [0.15, 0.2) is 0 Å². The Bertz CT molecular complexity index is 483. The lowest BCUT2D eigenvalue weighted by molar-refractivity contribution is -0.139. The van der Waals surface area contributed by atoms with Crippen LogP contribution in [0, 0.1) is 5.92 Å². The molecule has 1 heterocycles. The van der Waals surface area contributed by atoms with Crippen LogP contribution in [0.2, 0.25) is 0 Å². The number of hydrogen-bond acceptors (Lipinski definition) is 4. The zero-order chi connectivity index (χ0) is 18.9. The largest absolute Gasteiger partial charge is 0.480 e. The molecule has 26 heavy (non-hydrogen) atoms. The Hall–Kier alpha value is -1.63. The number of amides is 2. The average molecular weight is 367 g/mol. The van der Waals surface area contributed by atoms with Crippen molar-refractivity contribution < 1.29 is 19.5 Å². The summed E-state index contributed by atoms with van der Waals surface area (Å²) in [5, 5.41) is 11.9. The molecule has 1 saturated carbocycles. The zero-order valence-corrected chi connectivity index (χ0v) is 15.9. The van der Waals surface area contributed by atoms with Crippen molar-refractivity contribution in [1.29, 1.82) is 0 Å². The predicted octanol–water partition coefficient (Wildman–Crippen LogP) is 1.47. The van der Waals surface area contributed by atoms with Gasteiger partial charge in [-0.1, -0.05) is 26.2 Å². The molecule has 0 bridgehead atoms. The summed E-state index contributed by atoms with van der Waals surface area (Å²) >= 11 is 0. The Morgan fingerprint density at radius 1 is 1.04 bits per heavy atom. The highest BCUT2D eigenvalue weighted by molar-refractivity contribution is 5.80. The van der Waals surface area contributed by atoms with E-state index in [9.17, 15) is 14.4 Å². The lowest BCUT2D eigenvalue weighted by atomic mass is 9.87. The third kappa shape index (κ3) is 6.59. The van der Waals surface area contributed by atoms with Crippen LogP contribution in [-0.4, -0.2) is 71.5 Å². The number of carbonyl (C=O) groups excluding carboxylic acids is 2. The topological polar surface area (TPSA) is 89.9 Å². The Morgan fingerprint density at radius 3 is 2.27 bits per heavy atom. The molecule has 1 aliphatic carbocycles. The molecule has 7 nitrogen and oxygen atoms in total. The SMILES string of the molecule is CCCN(CC(=O)O)CC(=O)NC1CCN(C(=O)C2CCCCC2)CC1. The number of carboxylic acid groups (broad SMARTS) is 1. The van der Waals surface area contributed by atoms with Gasteiger partial charge in [0, 0.05) is 25.0 Å². The van der Waals surface area contributed by atoms with Gasteiger partial charge in [-0.25, -0.2) is 0 Å². The van der Waals surface area contributed by atoms with Crippen LogP contribution >= 0.6 is 0 Å². The van der Waals surface area contributed by atoms with Gasteiger partial charge in [-0.05, 0) is 38.6 Å². The molecule has 2 fully saturated rings. The summed E-state index contributed by atoms with van der Waals surface area (Å²) in [6, 6.07) is 0.0752. The highest BCUT2D eigenvalue weighted by atomic mass is 16.4. The maximum Gasteiger partial charge on any atom is 0.317 e. The van der Waals surface area contributed by atoms with Crippen molar-refractivity contribution in [2.24, 2.45) is 5.92 Å². The molecule has 0 unspecified atom stereocenters. The summed E-state index contributed by atoms with van der Waals surface area (Å²) in [6.45, 7) is 3.96. The number of rotatable bonds is 8. The van der Waals surface area contributed by atoms with E-state index in [2.05, 4.69) is 5.32 Å². The number of hydrogen-bond donors (Lipinski definition) is 2. The molecule has 2 amide bonds. The molecular weight excluding hydrogens is 334 g/mol. The van der Waals surface area contributed by atoms with Crippen molar-refractivity contribution in [1.82, 2.24) is 15.1 Å². The van der Waals surface area contributed by atoms with Crippen LogP contribution < -0.4 is 5.32 Å². The fourth-order valence-electron chi connectivity index (χ4n) is 4.05. The molecule has 0 radical (unpaired) electrons. The first-order valence-electron chi connectivity index (χ1n) is 10.0. The second-order valence-electron chi connectivity index (χ2n) is 7.61. The van der Waals surface area contributed by atoms with E-state index in [0.29, 0.717) is 25.5 Å². The Labute approximate surface area is 156 Å².